The summed E-state index contributed by atoms with van der Waals surface area (Å²) in [6.07, 6.45) is 8.70. The van der Waals surface area contributed by atoms with Gasteiger partial charge in [0.25, 0.3) is 0 Å². The second-order valence-corrected chi connectivity index (χ2v) is 6.41. The molecule has 0 amide bonds. The summed E-state index contributed by atoms with van der Waals surface area (Å²) in [7, 11) is 2.22. The monoisotopic (exact) mass is 255 g/mol. The van der Waals surface area contributed by atoms with Gasteiger partial charge in [0.05, 0.1) is 6.10 Å². The molecule has 1 rings (SSSR count). The Morgan fingerprint density at radius 1 is 1.17 bits per heavy atom. The first-order valence-electron chi connectivity index (χ1n) is 7.92. The quantitative estimate of drug-likeness (QED) is 0.651. The first-order valence-corrected chi connectivity index (χ1v) is 7.92. The molecule has 0 aromatic carbocycles. The highest BCUT2D eigenvalue weighted by Gasteiger charge is 2.21. The molecule has 1 fully saturated rings. The number of rotatable bonds is 8. The van der Waals surface area contributed by atoms with Gasteiger partial charge in [0.1, 0.15) is 0 Å². The van der Waals surface area contributed by atoms with Crippen molar-refractivity contribution < 1.29 is 4.74 Å². The molecular weight excluding hydrogens is 222 g/mol. The van der Waals surface area contributed by atoms with Gasteiger partial charge in [0.15, 0.2) is 0 Å². The molecule has 0 N–H and O–H groups in total. The van der Waals surface area contributed by atoms with Gasteiger partial charge in [-0.05, 0) is 70.5 Å². The van der Waals surface area contributed by atoms with Crippen molar-refractivity contribution in [3.63, 3.8) is 0 Å². The van der Waals surface area contributed by atoms with Gasteiger partial charge in [-0.25, -0.2) is 0 Å². The molecule has 0 atom stereocenters. The van der Waals surface area contributed by atoms with Crippen molar-refractivity contribution in [2.75, 3.05) is 26.7 Å². The van der Waals surface area contributed by atoms with Crippen LogP contribution < -0.4 is 0 Å². The van der Waals surface area contributed by atoms with Crippen molar-refractivity contribution in [3.05, 3.63) is 0 Å². The zero-order chi connectivity index (χ0) is 13.4. The predicted octanol–water partition coefficient (Wildman–Crippen LogP) is 3.95. The van der Waals surface area contributed by atoms with Crippen LogP contribution in [0.4, 0.5) is 0 Å². The molecule has 0 saturated heterocycles. The summed E-state index contributed by atoms with van der Waals surface area (Å²) < 4.78 is 5.94. The largest absolute Gasteiger partial charge is 0.378 e. The van der Waals surface area contributed by atoms with E-state index in [9.17, 15) is 0 Å². The zero-order valence-electron chi connectivity index (χ0n) is 13.0. The van der Waals surface area contributed by atoms with E-state index < -0.39 is 0 Å². The van der Waals surface area contributed by atoms with Crippen LogP contribution in [-0.4, -0.2) is 37.7 Å². The van der Waals surface area contributed by atoms with Gasteiger partial charge in [-0.2, -0.15) is 0 Å². The molecule has 0 heterocycles. The second-order valence-electron chi connectivity index (χ2n) is 6.41. The molecule has 1 aliphatic rings. The van der Waals surface area contributed by atoms with Gasteiger partial charge < -0.3 is 9.64 Å². The lowest BCUT2D eigenvalue weighted by molar-refractivity contribution is 0.00356. The fraction of sp³-hybridized carbons (Fsp3) is 1.00. The van der Waals surface area contributed by atoms with E-state index in [0.717, 1.165) is 12.5 Å². The van der Waals surface area contributed by atoms with Crippen LogP contribution in [0.2, 0.25) is 0 Å². The molecule has 0 aromatic heterocycles. The molecule has 0 spiro atoms. The number of hydrogen-bond donors (Lipinski definition) is 0. The highest BCUT2D eigenvalue weighted by Crippen LogP contribution is 2.29. The third-order valence-electron chi connectivity index (χ3n) is 4.15. The maximum absolute atomic E-state index is 5.94. The van der Waals surface area contributed by atoms with Crippen molar-refractivity contribution in [2.24, 2.45) is 11.8 Å². The van der Waals surface area contributed by atoms with Gasteiger partial charge in [-0.3, -0.25) is 0 Å². The van der Waals surface area contributed by atoms with Crippen LogP contribution in [0.15, 0.2) is 0 Å². The lowest BCUT2D eigenvalue weighted by atomic mass is 9.84. The molecule has 0 radical (unpaired) electrons. The standard InChI is InChI=1S/C16H33NO/c1-5-17(4)12-6-7-15-8-10-16(11-9-15)18-13-14(2)3/h14-16H,5-13H2,1-4H3. The third-order valence-corrected chi connectivity index (χ3v) is 4.15. The van der Waals surface area contributed by atoms with E-state index in [4.69, 9.17) is 4.74 Å². The Hall–Kier alpha value is -0.0800. The molecule has 1 saturated carbocycles. The number of nitrogens with zero attached hydrogens (tertiary/aromatic N) is 1. The number of hydrogen-bond acceptors (Lipinski definition) is 2. The van der Waals surface area contributed by atoms with Gasteiger partial charge in [0.2, 0.25) is 0 Å². The normalized spacial score (nSPS) is 25.0. The van der Waals surface area contributed by atoms with E-state index in [1.165, 1.54) is 51.6 Å². The first kappa shape index (κ1) is 16.0. The average Bonchev–Trinajstić information content (AvgIpc) is 2.37. The van der Waals surface area contributed by atoms with Crippen molar-refractivity contribution in [1.82, 2.24) is 4.90 Å². The minimum absolute atomic E-state index is 0.557. The Kier molecular flexibility index (Phi) is 7.92. The number of ether oxygens (including phenoxy) is 1. The summed E-state index contributed by atoms with van der Waals surface area (Å²) in [5.74, 6) is 1.64. The van der Waals surface area contributed by atoms with Crippen LogP contribution >= 0.6 is 0 Å². The van der Waals surface area contributed by atoms with Crippen LogP contribution in [0.3, 0.4) is 0 Å². The molecule has 0 aliphatic heterocycles. The van der Waals surface area contributed by atoms with Crippen LogP contribution in [0, 0.1) is 11.8 Å². The molecule has 1 aliphatic carbocycles. The highest BCUT2D eigenvalue weighted by molar-refractivity contribution is 4.73. The van der Waals surface area contributed by atoms with E-state index in [2.05, 4.69) is 32.7 Å². The lowest BCUT2D eigenvalue weighted by Crippen LogP contribution is -2.24. The van der Waals surface area contributed by atoms with Crippen molar-refractivity contribution in [3.8, 4) is 0 Å². The first-order chi connectivity index (χ1) is 8.61. The summed E-state index contributed by atoms with van der Waals surface area (Å²) in [6.45, 7) is 10.1. The Labute approximate surface area is 114 Å². The fourth-order valence-electron chi connectivity index (χ4n) is 2.72. The van der Waals surface area contributed by atoms with E-state index in [1.807, 2.05) is 0 Å². The van der Waals surface area contributed by atoms with Crippen LogP contribution in [0.25, 0.3) is 0 Å². The van der Waals surface area contributed by atoms with Crippen molar-refractivity contribution in [1.29, 1.82) is 0 Å². The van der Waals surface area contributed by atoms with Gasteiger partial charge in [-0.15, -0.1) is 0 Å². The van der Waals surface area contributed by atoms with Gasteiger partial charge in [-0.1, -0.05) is 20.8 Å². The van der Waals surface area contributed by atoms with Crippen LogP contribution in [0.5, 0.6) is 0 Å². The molecule has 0 aromatic rings. The summed E-state index contributed by atoms with van der Waals surface area (Å²) in [6, 6.07) is 0. The molecule has 108 valence electrons. The Balaban J connectivity index is 2.04. The molecule has 0 bridgehead atoms. The van der Waals surface area contributed by atoms with Gasteiger partial charge in [0, 0.05) is 6.61 Å². The zero-order valence-corrected chi connectivity index (χ0v) is 13.0. The molecule has 2 heteroatoms. The average molecular weight is 255 g/mol. The maximum atomic E-state index is 5.94. The van der Waals surface area contributed by atoms with E-state index in [0.29, 0.717) is 12.0 Å². The lowest BCUT2D eigenvalue weighted by Gasteiger charge is -2.29. The highest BCUT2D eigenvalue weighted by atomic mass is 16.5. The predicted molar refractivity (Wildman–Crippen MR) is 78.9 cm³/mol. The smallest absolute Gasteiger partial charge is 0.0575 e. The maximum Gasteiger partial charge on any atom is 0.0575 e. The second kappa shape index (κ2) is 8.92. The van der Waals surface area contributed by atoms with Crippen molar-refractivity contribution >= 4 is 0 Å². The molecule has 2 nitrogen and oxygen atoms in total. The van der Waals surface area contributed by atoms with Crippen molar-refractivity contribution in [2.45, 2.75) is 65.4 Å². The fourth-order valence-corrected chi connectivity index (χ4v) is 2.72. The van der Waals surface area contributed by atoms with E-state index in [-0.39, 0.29) is 0 Å². The SMILES string of the molecule is CCN(C)CCCC1CCC(OCC(C)C)CC1. The summed E-state index contributed by atoms with van der Waals surface area (Å²) >= 11 is 0. The Bertz CT molecular complexity index is 197. The van der Waals surface area contributed by atoms with Gasteiger partial charge >= 0.3 is 0 Å². The van der Waals surface area contributed by atoms with E-state index in [1.54, 1.807) is 0 Å². The minimum Gasteiger partial charge on any atom is -0.378 e. The minimum atomic E-state index is 0.557. The topological polar surface area (TPSA) is 12.5 Å². The summed E-state index contributed by atoms with van der Waals surface area (Å²) in [5.41, 5.74) is 0. The molecule has 0 unspecified atom stereocenters. The Morgan fingerprint density at radius 3 is 2.39 bits per heavy atom. The summed E-state index contributed by atoms with van der Waals surface area (Å²) in [5, 5.41) is 0. The Morgan fingerprint density at radius 2 is 1.83 bits per heavy atom. The van der Waals surface area contributed by atoms with Crippen LogP contribution in [0.1, 0.15) is 59.3 Å². The van der Waals surface area contributed by atoms with E-state index >= 15 is 0 Å². The third kappa shape index (κ3) is 6.75. The molecule has 18 heavy (non-hydrogen) atoms. The van der Waals surface area contributed by atoms with Crippen LogP contribution in [-0.2, 0) is 4.74 Å². The molecular formula is C16H33NO. The summed E-state index contributed by atoms with van der Waals surface area (Å²) in [4.78, 5) is 2.41.